The van der Waals surface area contributed by atoms with Crippen LogP contribution in [-0.2, 0) is 12.6 Å². The molecule has 0 aliphatic rings. The van der Waals surface area contributed by atoms with Crippen LogP contribution >= 0.6 is 0 Å². The lowest BCUT2D eigenvalue weighted by Gasteiger charge is -2.12. The molecule has 0 saturated heterocycles. The monoisotopic (exact) mass is 280 g/mol. The minimum Gasteiger partial charge on any atom is -0.219 e. The number of alkyl halides is 3. The molecular weight excluding hydrogens is 272 g/mol. The van der Waals surface area contributed by atoms with Gasteiger partial charge in [0.1, 0.15) is 0 Å². The molecule has 0 saturated carbocycles. The van der Waals surface area contributed by atoms with Crippen LogP contribution in [0.2, 0.25) is 0 Å². The molecule has 0 radical (unpaired) electrons. The van der Waals surface area contributed by atoms with Crippen molar-refractivity contribution in [3.05, 3.63) is 53.5 Å². The highest BCUT2D eigenvalue weighted by molar-refractivity contribution is 5.64. The Morgan fingerprint density at radius 2 is 1.80 bits per heavy atom. The molecule has 2 nitrogen and oxygen atoms in total. The van der Waals surface area contributed by atoms with Crippen molar-refractivity contribution in [1.82, 2.24) is 4.98 Å². The Morgan fingerprint density at radius 1 is 1.10 bits per heavy atom. The van der Waals surface area contributed by atoms with Gasteiger partial charge in [-0.05, 0) is 12.1 Å². The summed E-state index contributed by atoms with van der Waals surface area (Å²) in [5, 5.41) is 8.49. The Balaban J connectivity index is 2.53. The van der Waals surface area contributed by atoms with E-state index in [1.54, 1.807) is 6.07 Å². The summed E-state index contributed by atoms with van der Waals surface area (Å²) in [6.07, 6.45) is -4.72. The van der Waals surface area contributed by atoms with Gasteiger partial charge in [0.05, 0.1) is 23.7 Å². The Labute approximate surface area is 112 Å². The van der Waals surface area contributed by atoms with Gasteiger partial charge in [-0.25, -0.2) is 4.98 Å². The van der Waals surface area contributed by atoms with Crippen LogP contribution in [0, 0.1) is 17.3 Å². The molecule has 2 rings (SSSR count). The van der Waals surface area contributed by atoms with Gasteiger partial charge in [0.15, 0.2) is 0 Å². The zero-order chi connectivity index (χ0) is 14.8. The van der Waals surface area contributed by atoms with Crippen LogP contribution in [0.15, 0.2) is 36.4 Å². The topological polar surface area (TPSA) is 36.7 Å². The molecule has 0 unspecified atom stereocenters. The second kappa shape index (κ2) is 5.29. The summed E-state index contributed by atoms with van der Waals surface area (Å²) in [6.45, 7) is 0. The number of rotatable bonds is 2. The molecule has 1 aromatic heterocycles. The van der Waals surface area contributed by atoms with E-state index in [-0.39, 0.29) is 23.2 Å². The van der Waals surface area contributed by atoms with Crippen molar-refractivity contribution in [2.24, 2.45) is 0 Å². The highest BCUT2D eigenvalue weighted by Crippen LogP contribution is 2.36. The predicted molar refractivity (Wildman–Crippen MR) is 64.0 cm³/mol. The van der Waals surface area contributed by atoms with Gasteiger partial charge in [-0.3, -0.25) is 0 Å². The fourth-order valence-electron chi connectivity index (χ4n) is 1.78. The fourth-order valence-corrected chi connectivity index (χ4v) is 1.78. The molecule has 0 amide bonds. The van der Waals surface area contributed by atoms with Crippen molar-refractivity contribution in [2.75, 3.05) is 0 Å². The molecule has 1 heterocycles. The first-order valence-electron chi connectivity index (χ1n) is 5.62. The van der Waals surface area contributed by atoms with Crippen LogP contribution in [0.1, 0.15) is 11.1 Å². The second-order valence-corrected chi connectivity index (χ2v) is 4.02. The summed E-state index contributed by atoms with van der Waals surface area (Å²) >= 11 is 0. The lowest BCUT2D eigenvalue weighted by Crippen LogP contribution is -2.07. The van der Waals surface area contributed by atoms with Crippen molar-refractivity contribution in [3.63, 3.8) is 0 Å². The van der Waals surface area contributed by atoms with Crippen LogP contribution in [0.5, 0.6) is 0 Å². The van der Waals surface area contributed by atoms with E-state index in [2.05, 4.69) is 4.98 Å². The van der Waals surface area contributed by atoms with Crippen molar-refractivity contribution < 1.29 is 17.6 Å². The Bertz CT molecular complexity index is 672. The van der Waals surface area contributed by atoms with E-state index in [0.29, 0.717) is 0 Å². The first kappa shape index (κ1) is 14.0. The van der Waals surface area contributed by atoms with Gasteiger partial charge in [0, 0.05) is 11.1 Å². The Kier molecular flexibility index (Phi) is 3.70. The van der Waals surface area contributed by atoms with E-state index >= 15 is 0 Å². The zero-order valence-corrected chi connectivity index (χ0v) is 10.1. The number of hydrogen-bond acceptors (Lipinski definition) is 2. The van der Waals surface area contributed by atoms with Crippen molar-refractivity contribution >= 4 is 0 Å². The number of benzene rings is 1. The summed E-state index contributed by atoms with van der Waals surface area (Å²) in [5.74, 6) is -0.930. The molecule has 0 N–H and O–H groups in total. The molecule has 0 aliphatic carbocycles. The standard InChI is InChI=1S/C14H8F4N2/c15-13-9(7-8-19)5-6-12(20-13)10-3-1-2-4-11(10)14(16,17)18/h1-6H,7H2. The van der Waals surface area contributed by atoms with Gasteiger partial charge in [-0.1, -0.05) is 24.3 Å². The first-order chi connectivity index (χ1) is 9.43. The van der Waals surface area contributed by atoms with Gasteiger partial charge in [0.25, 0.3) is 0 Å². The van der Waals surface area contributed by atoms with Crippen molar-refractivity contribution in [2.45, 2.75) is 12.6 Å². The highest BCUT2D eigenvalue weighted by atomic mass is 19.4. The normalized spacial score (nSPS) is 11.2. The number of hydrogen-bond donors (Lipinski definition) is 0. The summed E-state index contributed by atoms with van der Waals surface area (Å²) in [6, 6.07) is 9.14. The van der Waals surface area contributed by atoms with Crippen molar-refractivity contribution in [3.8, 4) is 17.3 Å². The van der Waals surface area contributed by atoms with Gasteiger partial charge in [-0.15, -0.1) is 0 Å². The first-order valence-corrected chi connectivity index (χ1v) is 5.62. The molecule has 0 aliphatic heterocycles. The van der Waals surface area contributed by atoms with E-state index in [9.17, 15) is 17.6 Å². The number of aromatic nitrogens is 1. The van der Waals surface area contributed by atoms with Gasteiger partial charge in [0.2, 0.25) is 5.95 Å². The van der Waals surface area contributed by atoms with Crippen LogP contribution in [0.25, 0.3) is 11.3 Å². The molecule has 20 heavy (non-hydrogen) atoms. The number of nitriles is 1. The van der Waals surface area contributed by atoms with Gasteiger partial charge in [-0.2, -0.15) is 22.8 Å². The summed E-state index contributed by atoms with van der Waals surface area (Å²) in [4.78, 5) is 3.52. The van der Waals surface area contributed by atoms with Crippen LogP contribution in [-0.4, -0.2) is 4.98 Å². The van der Waals surface area contributed by atoms with E-state index in [0.717, 1.165) is 6.07 Å². The number of nitrogens with zero attached hydrogens (tertiary/aromatic N) is 2. The average Bonchev–Trinajstić information content (AvgIpc) is 2.40. The van der Waals surface area contributed by atoms with E-state index in [1.807, 2.05) is 0 Å². The molecule has 102 valence electrons. The lowest BCUT2D eigenvalue weighted by molar-refractivity contribution is -0.137. The summed E-state index contributed by atoms with van der Waals surface area (Å²) in [5.41, 5.74) is -1.12. The quantitative estimate of drug-likeness (QED) is 0.616. The third-order valence-corrected chi connectivity index (χ3v) is 2.70. The Morgan fingerprint density at radius 3 is 2.40 bits per heavy atom. The highest BCUT2D eigenvalue weighted by Gasteiger charge is 2.33. The molecule has 0 bridgehead atoms. The van der Waals surface area contributed by atoms with Crippen LogP contribution in [0.4, 0.5) is 17.6 Å². The predicted octanol–water partition coefficient (Wildman–Crippen LogP) is 3.97. The summed E-state index contributed by atoms with van der Waals surface area (Å²) < 4.78 is 52.2. The molecule has 6 heteroatoms. The maximum atomic E-state index is 13.6. The second-order valence-electron chi connectivity index (χ2n) is 4.02. The molecule has 0 fully saturated rings. The molecular formula is C14H8F4N2. The molecule has 0 spiro atoms. The maximum Gasteiger partial charge on any atom is 0.417 e. The minimum absolute atomic E-state index is 0.0562. The average molecular weight is 280 g/mol. The molecule has 1 aromatic carbocycles. The number of halogens is 4. The lowest BCUT2D eigenvalue weighted by atomic mass is 10.0. The van der Waals surface area contributed by atoms with Gasteiger partial charge >= 0.3 is 6.18 Å². The molecule has 2 aromatic rings. The number of pyridine rings is 1. The third kappa shape index (κ3) is 2.77. The maximum absolute atomic E-state index is 13.6. The van der Waals surface area contributed by atoms with Crippen LogP contribution in [0.3, 0.4) is 0 Å². The molecule has 0 atom stereocenters. The zero-order valence-electron chi connectivity index (χ0n) is 10.1. The third-order valence-electron chi connectivity index (χ3n) is 2.70. The fraction of sp³-hybridized carbons (Fsp3) is 0.143. The van der Waals surface area contributed by atoms with E-state index in [1.165, 1.54) is 30.3 Å². The van der Waals surface area contributed by atoms with E-state index < -0.39 is 17.7 Å². The SMILES string of the molecule is N#CCc1ccc(-c2ccccc2C(F)(F)F)nc1F. The largest absolute Gasteiger partial charge is 0.417 e. The Hall–Kier alpha value is -2.42. The van der Waals surface area contributed by atoms with Crippen LogP contribution < -0.4 is 0 Å². The minimum atomic E-state index is -4.54. The smallest absolute Gasteiger partial charge is 0.219 e. The summed E-state index contributed by atoms with van der Waals surface area (Å²) in [7, 11) is 0. The van der Waals surface area contributed by atoms with Gasteiger partial charge < -0.3 is 0 Å². The van der Waals surface area contributed by atoms with Crippen molar-refractivity contribution in [1.29, 1.82) is 5.26 Å². The van der Waals surface area contributed by atoms with E-state index in [4.69, 9.17) is 5.26 Å².